The lowest BCUT2D eigenvalue weighted by Gasteiger charge is -2.29. The quantitative estimate of drug-likeness (QED) is 0.666. The molecule has 0 saturated carbocycles. The number of para-hydroxylation sites is 1. The molecular weight excluding hydrogens is 350 g/mol. The number of nitrogens with zero attached hydrogens (tertiary/aromatic N) is 3. The van der Waals surface area contributed by atoms with Gasteiger partial charge >= 0.3 is 5.97 Å². The molecule has 0 bridgehead atoms. The maximum Gasteiger partial charge on any atom is 0.348 e. The van der Waals surface area contributed by atoms with E-state index >= 15 is 0 Å². The minimum atomic E-state index is -0.468. The summed E-state index contributed by atoms with van der Waals surface area (Å²) in [7, 11) is 1.85. The van der Waals surface area contributed by atoms with Gasteiger partial charge in [-0.25, -0.2) is 4.79 Å². The Hall–Kier alpha value is -2.67. The first kappa shape index (κ1) is 16.8. The number of aromatic nitrogens is 2. The van der Waals surface area contributed by atoms with Crippen LogP contribution in [0.2, 0.25) is 0 Å². The van der Waals surface area contributed by atoms with Crippen molar-refractivity contribution in [2.24, 2.45) is 7.05 Å². The van der Waals surface area contributed by atoms with Crippen molar-refractivity contribution in [3.8, 4) is 0 Å². The lowest BCUT2D eigenvalue weighted by molar-refractivity contribution is -0.121. The number of anilines is 1. The van der Waals surface area contributed by atoms with Gasteiger partial charge in [0.2, 0.25) is 0 Å². The zero-order chi connectivity index (χ0) is 18.3. The number of rotatable bonds is 3. The van der Waals surface area contributed by atoms with Crippen molar-refractivity contribution in [2.75, 3.05) is 18.1 Å². The van der Waals surface area contributed by atoms with Gasteiger partial charge in [-0.3, -0.25) is 9.48 Å². The van der Waals surface area contributed by atoms with Crippen LogP contribution in [0, 0.1) is 6.92 Å². The summed E-state index contributed by atoms with van der Waals surface area (Å²) in [6.45, 7) is 2.31. The standard InChI is InChI=1S/C19H19N3O3S/c1-12-14-10-16(26-18(14)21(2)20-12)19(24)25-11-17(23)22-9-5-7-13-6-3-4-8-15(13)22/h3-4,6,8,10H,5,7,9,11H2,1-2H3. The highest BCUT2D eigenvalue weighted by molar-refractivity contribution is 7.20. The number of hydrogen-bond donors (Lipinski definition) is 0. The van der Waals surface area contributed by atoms with Crippen LogP contribution in [0.1, 0.15) is 27.3 Å². The Morgan fingerprint density at radius 2 is 2.12 bits per heavy atom. The summed E-state index contributed by atoms with van der Waals surface area (Å²) in [4.78, 5) is 28.0. The Balaban J connectivity index is 1.46. The van der Waals surface area contributed by atoms with Gasteiger partial charge in [0.1, 0.15) is 9.71 Å². The van der Waals surface area contributed by atoms with E-state index < -0.39 is 5.97 Å². The topological polar surface area (TPSA) is 64.4 Å². The molecule has 0 radical (unpaired) electrons. The molecule has 0 saturated heterocycles. The van der Waals surface area contributed by atoms with Crippen LogP contribution in [0.15, 0.2) is 30.3 Å². The molecule has 0 aliphatic carbocycles. The molecule has 1 amide bonds. The van der Waals surface area contributed by atoms with E-state index in [4.69, 9.17) is 4.74 Å². The van der Waals surface area contributed by atoms with Gasteiger partial charge in [-0.05, 0) is 37.5 Å². The molecule has 3 aromatic rings. The van der Waals surface area contributed by atoms with Gasteiger partial charge in [-0.2, -0.15) is 5.10 Å². The fraction of sp³-hybridized carbons (Fsp3) is 0.316. The molecule has 26 heavy (non-hydrogen) atoms. The molecule has 2 aromatic heterocycles. The summed E-state index contributed by atoms with van der Waals surface area (Å²) in [5.41, 5.74) is 2.95. The van der Waals surface area contributed by atoms with E-state index in [9.17, 15) is 9.59 Å². The Morgan fingerprint density at radius 1 is 1.31 bits per heavy atom. The van der Waals surface area contributed by atoms with Crippen molar-refractivity contribution in [3.63, 3.8) is 0 Å². The molecule has 3 heterocycles. The molecule has 134 valence electrons. The van der Waals surface area contributed by atoms with Crippen LogP contribution in [0.4, 0.5) is 5.69 Å². The molecule has 1 aliphatic rings. The number of ether oxygens (including phenoxy) is 1. The zero-order valence-electron chi connectivity index (χ0n) is 14.7. The van der Waals surface area contributed by atoms with Gasteiger partial charge in [0.15, 0.2) is 6.61 Å². The number of benzene rings is 1. The normalized spacial score (nSPS) is 13.7. The van der Waals surface area contributed by atoms with E-state index in [1.165, 1.54) is 11.3 Å². The molecule has 1 aromatic carbocycles. The van der Waals surface area contributed by atoms with Crippen molar-refractivity contribution >= 4 is 39.1 Å². The third-order valence-corrected chi connectivity index (χ3v) is 5.82. The average molecular weight is 369 g/mol. The van der Waals surface area contributed by atoms with Crippen molar-refractivity contribution in [2.45, 2.75) is 19.8 Å². The largest absolute Gasteiger partial charge is 0.451 e. The smallest absolute Gasteiger partial charge is 0.348 e. The average Bonchev–Trinajstić information content (AvgIpc) is 3.20. The van der Waals surface area contributed by atoms with E-state index in [1.807, 2.05) is 38.2 Å². The number of hydrogen-bond acceptors (Lipinski definition) is 5. The van der Waals surface area contributed by atoms with E-state index in [0.29, 0.717) is 11.4 Å². The lowest BCUT2D eigenvalue weighted by Crippen LogP contribution is -2.38. The lowest BCUT2D eigenvalue weighted by atomic mass is 10.0. The van der Waals surface area contributed by atoms with E-state index in [-0.39, 0.29) is 12.5 Å². The predicted molar refractivity (Wildman–Crippen MR) is 101 cm³/mol. The Bertz CT molecular complexity index is 970. The van der Waals surface area contributed by atoms with Crippen molar-refractivity contribution in [1.29, 1.82) is 0 Å². The van der Waals surface area contributed by atoms with E-state index in [0.717, 1.165) is 40.0 Å². The number of thiophene rings is 1. The monoisotopic (exact) mass is 369 g/mol. The molecule has 4 rings (SSSR count). The first-order valence-corrected chi connectivity index (χ1v) is 9.35. The number of fused-ring (bicyclic) bond motifs is 2. The van der Waals surface area contributed by atoms with Crippen molar-refractivity contribution in [3.05, 3.63) is 46.5 Å². The van der Waals surface area contributed by atoms with Gasteiger partial charge in [0.05, 0.1) is 5.69 Å². The second kappa shape index (κ2) is 6.57. The van der Waals surface area contributed by atoms with Gasteiger partial charge in [-0.15, -0.1) is 11.3 Å². The molecular formula is C19H19N3O3S. The highest BCUT2D eigenvalue weighted by atomic mass is 32.1. The highest BCUT2D eigenvalue weighted by Gasteiger charge is 2.24. The fourth-order valence-electron chi connectivity index (χ4n) is 3.37. The first-order valence-electron chi connectivity index (χ1n) is 8.53. The summed E-state index contributed by atoms with van der Waals surface area (Å²) < 4.78 is 7.04. The summed E-state index contributed by atoms with van der Waals surface area (Å²) in [6, 6.07) is 9.66. The van der Waals surface area contributed by atoms with Crippen LogP contribution >= 0.6 is 11.3 Å². The van der Waals surface area contributed by atoms with E-state index in [2.05, 4.69) is 5.10 Å². The zero-order valence-corrected chi connectivity index (χ0v) is 15.5. The molecule has 0 unspecified atom stereocenters. The minimum Gasteiger partial charge on any atom is -0.451 e. The minimum absolute atomic E-state index is 0.190. The Morgan fingerprint density at radius 3 is 2.92 bits per heavy atom. The molecule has 7 heteroatoms. The van der Waals surface area contributed by atoms with Crippen LogP contribution in [-0.4, -0.2) is 34.8 Å². The number of carbonyl (C=O) groups is 2. The number of amides is 1. The van der Waals surface area contributed by atoms with Crippen LogP contribution < -0.4 is 4.90 Å². The predicted octanol–water partition coefficient (Wildman–Crippen LogP) is 3.08. The van der Waals surface area contributed by atoms with Gasteiger partial charge in [0, 0.05) is 24.7 Å². The molecule has 0 N–H and O–H groups in total. The van der Waals surface area contributed by atoms with Crippen molar-refractivity contribution in [1.82, 2.24) is 9.78 Å². The third kappa shape index (κ3) is 2.88. The van der Waals surface area contributed by atoms with Crippen LogP contribution in [0.3, 0.4) is 0 Å². The van der Waals surface area contributed by atoms with Gasteiger partial charge in [-0.1, -0.05) is 18.2 Å². The maximum atomic E-state index is 12.6. The van der Waals surface area contributed by atoms with Crippen LogP contribution in [-0.2, 0) is 23.0 Å². The summed E-state index contributed by atoms with van der Waals surface area (Å²) in [5.74, 6) is -0.659. The summed E-state index contributed by atoms with van der Waals surface area (Å²) in [6.07, 6.45) is 1.88. The fourth-order valence-corrected chi connectivity index (χ4v) is 4.39. The summed E-state index contributed by atoms with van der Waals surface area (Å²) >= 11 is 1.33. The van der Waals surface area contributed by atoms with Crippen LogP contribution in [0.25, 0.3) is 10.2 Å². The molecule has 0 spiro atoms. The van der Waals surface area contributed by atoms with Gasteiger partial charge < -0.3 is 9.64 Å². The first-order chi connectivity index (χ1) is 12.5. The molecule has 0 fully saturated rings. The van der Waals surface area contributed by atoms with Gasteiger partial charge in [0.25, 0.3) is 5.91 Å². The second-order valence-corrected chi connectivity index (χ2v) is 7.42. The highest BCUT2D eigenvalue weighted by Crippen LogP contribution is 2.29. The SMILES string of the molecule is Cc1nn(C)c2sc(C(=O)OCC(=O)N3CCCc4ccccc43)cc12. The van der Waals surface area contributed by atoms with Crippen molar-refractivity contribution < 1.29 is 14.3 Å². The van der Waals surface area contributed by atoms with Crippen LogP contribution in [0.5, 0.6) is 0 Å². The summed E-state index contributed by atoms with van der Waals surface area (Å²) in [5, 5.41) is 5.27. The number of esters is 1. The number of aryl methyl sites for hydroxylation is 3. The maximum absolute atomic E-state index is 12.6. The molecule has 6 nitrogen and oxygen atoms in total. The Labute approximate surface area is 155 Å². The van der Waals surface area contributed by atoms with E-state index in [1.54, 1.807) is 15.6 Å². The second-order valence-electron chi connectivity index (χ2n) is 6.39. The number of carbonyl (C=O) groups excluding carboxylic acids is 2. The Kier molecular flexibility index (Phi) is 4.24. The molecule has 1 aliphatic heterocycles. The molecule has 0 atom stereocenters. The third-order valence-electron chi connectivity index (χ3n) is 4.64.